The lowest BCUT2D eigenvalue weighted by molar-refractivity contribution is -0.143. The topological polar surface area (TPSA) is 63.7 Å². The average Bonchev–Trinajstić information content (AvgIpc) is 2.87. The number of imide groups is 1. The van der Waals surface area contributed by atoms with Crippen LogP contribution in [0.4, 0.5) is 5.69 Å². The first kappa shape index (κ1) is 16.9. The van der Waals surface area contributed by atoms with Crippen LogP contribution in [0, 0.1) is 0 Å². The molecule has 0 fully saturated rings. The van der Waals surface area contributed by atoms with E-state index in [2.05, 4.69) is 0 Å². The van der Waals surface area contributed by atoms with Crippen molar-refractivity contribution in [2.75, 3.05) is 11.5 Å². The molecule has 5 heteroatoms. The molecule has 128 valence electrons. The summed E-state index contributed by atoms with van der Waals surface area (Å²) in [5.41, 5.74) is 2.47. The number of carbonyl (C=O) groups excluding carboxylic acids is 3. The molecule has 0 aliphatic carbocycles. The number of benzene rings is 2. The number of anilines is 1. The Morgan fingerprint density at radius 3 is 2.12 bits per heavy atom. The van der Waals surface area contributed by atoms with Crippen LogP contribution in [0.15, 0.2) is 48.5 Å². The van der Waals surface area contributed by atoms with E-state index in [1.54, 1.807) is 43.3 Å². The van der Waals surface area contributed by atoms with Gasteiger partial charge in [-0.3, -0.25) is 14.4 Å². The first-order valence-corrected chi connectivity index (χ1v) is 8.34. The maximum absolute atomic E-state index is 12.5. The Balaban J connectivity index is 1.66. The Labute approximate surface area is 146 Å². The molecule has 2 aromatic carbocycles. The van der Waals surface area contributed by atoms with E-state index in [0.29, 0.717) is 36.3 Å². The van der Waals surface area contributed by atoms with Crippen molar-refractivity contribution in [3.05, 3.63) is 65.2 Å². The van der Waals surface area contributed by atoms with Gasteiger partial charge in [0.1, 0.15) is 0 Å². The predicted molar refractivity (Wildman–Crippen MR) is 93.6 cm³/mol. The summed E-state index contributed by atoms with van der Waals surface area (Å²) < 4.78 is 4.90. The highest BCUT2D eigenvalue weighted by atomic mass is 16.5. The van der Waals surface area contributed by atoms with Gasteiger partial charge in [-0.05, 0) is 49.6 Å². The molecule has 0 aromatic heterocycles. The Kier molecular flexibility index (Phi) is 4.93. The SMILES string of the molecule is CCOC(=O)CCCc1ccc(N2C(=O)c3ccccc3C2=O)cc1. The zero-order valence-electron chi connectivity index (χ0n) is 14.0. The van der Waals surface area contributed by atoms with Gasteiger partial charge < -0.3 is 4.74 Å². The second-order valence-corrected chi connectivity index (χ2v) is 5.82. The summed E-state index contributed by atoms with van der Waals surface area (Å²) >= 11 is 0. The molecule has 0 spiro atoms. The number of esters is 1. The van der Waals surface area contributed by atoms with Gasteiger partial charge >= 0.3 is 5.97 Å². The van der Waals surface area contributed by atoms with E-state index in [0.717, 1.165) is 12.0 Å². The highest BCUT2D eigenvalue weighted by Gasteiger charge is 2.36. The van der Waals surface area contributed by atoms with Gasteiger partial charge in [-0.2, -0.15) is 0 Å². The van der Waals surface area contributed by atoms with Crippen LogP contribution in [0.5, 0.6) is 0 Å². The molecule has 3 rings (SSSR count). The van der Waals surface area contributed by atoms with Crippen molar-refractivity contribution in [2.24, 2.45) is 0 Å². The molecule has 2 aromatic rings. The highest BCUT2D eigenvalue weighted by Crippen LogP contribution is 2.28. The van der Waals surface area contributed by atoms with Crippen molar-refractivity contribution in [3.63, 3.8) is 0 Å². The van der Waals surface area contributed by atoms with E-state index in [-0.39, 0.29) is 17.8 Å². The summed E-state index contributed by atoms with van der Waals surface area (Å²) in [7, 11) is 0. The molecule has 1 aliphatic heterocycles. The minimum Gasteiger partial charge on any atom is -0.466 e. The van der Waals surface area contributed by atoms with Gasteiger partial charge in [0.2, 0.25) is 0 Å². The number of ether oxygens (including phenoxy) is 1. The van der Waals surface area contributed by atoms with Gasteiger partial charge in [0.05, 0.1) is 23.4 Å². The van der Waals surface area contributed by atoms with Gasteiger partial charge in [0, 0.05) is 6.42 Å². The number of rotatable bonds is 6. The van der Waals surface area contributed by atoms with Gasteiger partial charge in [-0.25, -0.2) is 4.90 Å². The van der Waals surface area contributed by atoms with E-state index in [1.807, 2.05) is 12.1 Å². The molecule has 0 saturated heterocycles. The normalized spacial score (nSPS) is 13.1. The van der Waals surface area contributed by atoms with Crippen LogP contribution in [0.1, 0.15) is 46.0 Å². The second kappa shape index (κ2) is 7.30. The number of hydrogen-bond acceptors (Lipinski definition) is 4. The molecule has 25 heavy (non-hydrogen) atoms. The number of aryl methyl sites for hydroxylation is 1. The fourth-order valence-electron chi connectivity index (χ4n) is 2.91. The Bertz CT molecular complexity index is 776. The quantitative estimate of drug-likeness (QED) is 0.599. The van der Waals surface area contributed by atoms with Gasteiger partial charge in [-0.1, -0.05) is 24.3 Å². The zero-order chi connectivity index (χ0) is 17.8. The maximum atomic E-state index is 12.5. The number of nitrogens with zero attached hydrogens (tertiary/aromatic N) is 1. The van der Waals surface area contributed by atoms with E-state index < -0.39 is 0 Å². The predicted octanol–water partition coefficient (Wildman–Crippen LogP) is 3.37. The fraction of sp³-hybridized carbons (Fsp3) is 0.250. The largest absolute Gasteiger partial charge is 0.466 e. The fourth-order valence-corrected chi connectivity index (χ4v) is 2.91. The molecule has 1 aliphatic rings. The molecule has 0 saturated carbocycles. The van der Waals surface area contributed by atoms with Crippen molar-refractivity contribution in [1.82, 2.24) is 0 Å². The summed E-state index contributed by atoms with van der Waals surface area (Å²) in [5.74, 6) is -0.781. The molecular formula is C20H19NO4. The van der Waals surface area contributed by atoms with Crippen LogP contribution < -0.4 is 4.90 Å². The van der Waals surface area contributed by atoms with Crippen molar-refractivity contribution >= 4 is 23.5 Å². The van der Waals surface area contributed by atoms with E-state index >= 15 is 0 Å². The van der Waals surface area contributed by atoms with Crippen molar-refractivity contribution in [2.45, 2.75) is 26.2 Å². The summed E-state index contributed by atoms with van der Waals surface area (Å²) in [6, 6.07) is 14.1. The summed E-state index contributed by atoms with van der Waals surface area (Å²) in [4.78, 5) is 37.4. The number of fused-ring (bicyclic) bond motifs is 1. The monoisotopic (exact) mass is 337 g/mol. The van der Waals surface area contributed by atoms with Gasteiger partial charge in [0.15, 0.2) is 0 Å². The number of carbonyl (C=O) groups is 3. The lowest BCUT2D eigenvalue weighted by atomic mass is 10.1. The van der Waals surface area contributed by atoms with E-state index in [4.69, 9.17) is 4.74 Å². The lowest BCUT2D eigenvalue weighted by Crippen LogP contribution is -2.29. The zero-order valence-corrected chi connectivity index (χ0v) is 14.0. The van der Waals surface area contributed by atoms with Gasteiger partial charge in [-0.15, -0.1) is 0 Å². The standard InChI is InChI=1S/C20H19NO4/c1-2-25-18(22)9-5-6-14-10-12-15(13-11-14)21-19(23)16-7-3-4-8-17(16)20(21)24/h3-4,7-8,10-13H,2,5-6,9H2,1H3. The Hall–Kier alpha value is -2.95. The highest BCUT2D eigenvalue weighted by molar-refractivity contribution is 6.34. The van der Waals surface area contributed by atoms with Crippen molar-refractivity contribution in [3.8, 4) is 0 Å². The van der Waals surface area contributed by atoms with Crippen LogP contribution >= 0.6 is 0 Å². The van der Waals surface area contributed by atoms with Crippen molar-refractivity contribution < 1.29 is 19.1 Å². The first-order chi connectivity index (χ1) is 12.1. The molecule has 0 unspecified atom stereocenters. The lowest BCUT2D eigenvalue weighted by Gasteiger charge is -2.14. The minimum atomic E-state index is -0.296. The van der Waals surface area contributed by atoms with Crippen LogP contribution in [-0.2, 0) is 16.0 Å². The first-order valence-electron chi connectivity index (χ1n) is 8.34. The van der Waals surface area contributed by atoms with Crippen LogP contribution in [-0.4, -0.2) is 24.4 Å². The summed E-state index contributed by atoms with van der Waals surface area (Å²) in [6.07, 6.45) is 1.82. The van der Waals surface area contributed by atoms with Gasteiger partial charge in [0.25, 0.3) is 11.8 Å². The maximum Gasteiger partial charge on any atom is 0.305 e. The van der Waals surface area contributed by atoms with Crippen LogP contribution in [0.25, 0.3) is 0 Å². The van der Waals surface area contributed by atoms with Crippen molar-refractivity contribution in [1.29, 1.82) is 0 Å². The number of hydrogen-bond donors (Lipinski definition) is 0. The van der Waals surface area contributed by atoms with Crippen LogP contribution in [0.2, 0.25) is 0 Å². The molecule has 5 nitrogen and oxygen atoms in total. The molecule has 0 bridgehead atoms. The second-order valence-electron chi connectivity index (χ2n) is 5.82. The Morgan fingerprint density at radius 1 is 0.960 bits per heavy atom. The summed E-state index contributed by atoms with van der Waals surface area (Å²) in [5, 5.41) is 0. The third kappa shape index (κ3) is 3.45. The molecule has 0 atom stereocenters. The molecule has 2 amide bonds. The minimum absolute atomic E-state index is 0.190. The Morgan fingerprint density at radius 2 is 1.56 bits per heavy atom. The third-order valence-corrected chi connectivity index (χ3v) is 4.14. The molecule has 0 N–H and O–H groups in total. The third-order valence-electron chi connectivity index (χ3n) is 4.14. The van der Waals surface area contributed by atoms with E-state index in [1.165, 1.54) is 4.90 Å². The smallest absolute Gasteiger partial charge is 0.305 e. The molecular weight excluding hydrogens is 318 g/mol. The summed E-state index contributed by atoms with van der Waals surface area (Å²) in [6.45, 7) is 2.18. The van der Waals surface area contributed by atoms with E-state index in [9.17, 15) is 14.4 Å². The molecule has 0 radical (unpaired) electrons. The average molecular weight is 337 g/mol. The number of amides is 2. The molecule has 1 heterocycles. The van der Waals surface area contributed by atoms with Crippen LogP contribution in [0.3, 0.4) is 0 Å².